The van der Waals surface area contributed by atoms with Crippen molar-refractivity contribution in [1.29, 1.82) is 5.26 Å². The SMILES string of the molecule is COC(=O)C12CCCC1CN(c1c(C#N)cnc3c(C)cc(C)cc13)C2. The molecule has 1 aromatic carbocycles. The topological polar surface area (TPSA) is 66.2 Å². The van der Waals surface area contributed by atoms with Crippen LogP contribution < -0.4 is 4.90 Å². The third-order valence-corrected chi connectivity index (χ3v) is 6.18. The van der Waals surface area contributed by atoms with Crippen molar-refractivity contribution >= 4 is 22.6 Å². The largest absolute Gasteiger partial charge is 0.469 e. The molecular weight excluding hydrogens is 326 g/mol. The highest BCUT2D eigenvalue weighted by Gasteiger charge is 2.55. The van der Waals surface area contributed by atoms with E-state index in [1.807, 2.05) is 6.92 Å². The number of carbonyl (C=O) groups excluding carboxylic acids is 1. The van der Waals surface area contributed by atoms with Gasteiger partial charge in [-0.05, 0) is 44.2 Å². The molecule has 1 aromatic heterocycles. The number of hydrogen-bond donors (Lipinski definition) is 0. The molecule has 0 amide bonds. The quantitative estimate of drug-likeness (QED) is 0.776. The predicted octanol–water partition coefficient (Wildman–Crippen LogP) is 3.50. The highest BCUT2D eigenvalue weighted by atomic mass is 16.5. The maximum Gasteiger partial charge on any atom is 0.313 e. The van der Waals surface area contributed by atoms with Crippen LogP contribution in [0.2, 0.25) is 0 Å². The van der Waals surface area contributed by atoms with Crippen molar-refractivity contribution in [2.45, 2.75) is 33.1 Å². The Morgan fingerprint density at radius 1 is 1.42 bits per heavy atom. The Balaban J connectivity index is 1.88. The second kappa shape index (κ2) is 5.98. The number of rotatable bonds is 2. The van der Waals surface area contributed by atoms with Crippen LogP contribution in [0.3, 0.4) is 0 Å². The Labute approximate surface area is 153 Å². The number of aryl methyl sites for hydroxylation is 2. The van der Waals surface area contributed by atoms with Crippen LogP contribution in [0, 0.1) is 36.5 Å². The van der Waals surface area contributed by atoms with E-state index in [4.69, 9.17) is 4.74 Å². The van der Waals surface area contributed by atoms with E-state index in [2.05, 4.69) is 35.0 Å². The summed E-state index contributed by atoms with van der Waals surface area (Å²) in [7, 11) is 1.48. The maximum absolute atomic E-state index is 12.6. The third kappa shape index (κ3) is 2.28. The number of carbonyl (C=O) groups is 1. The van der Waals surface area contributed by atoms with Crippen molar-refractivity contribution in [3.8, 4) is 6.07 Å². The monoisotopic (exact) mass is 349 g/mol. The van der Waals surface area contributed by atoms with E-state index in [0.29, 0.717) is 12.1 Å². The van der Waals surface area contributed by atoms with Gasteiger partial charge in [0.15, 0.2) is 0 Å². The summed E-state index contributed by atoms with van der Waals surface area (Å²) >= 11 is 0. The summed E-state index contributed by atoms with van der Waals surface area (Å²) in [6.45, 7) is 5.51. The van der Waals surface area contributed by atoms with Crippen LogP contribution in [0.5, 0.6) is 0 Å². The van der Waals surface area contributed by atoms with Gasteiger partial charge in [-0.15, -0.1) is 0 Å². The highest BCUT2D eigenvalue weighted by Crippen LogP contribution is 2.51. The van der Waals surface area contributed by atoms with Gasteiger partial charge in [0.05, 0.1) is 29.3 Å². The molecule has 2 aliphatic rings. The van der Waals surface area contributed by atoms with Crippen LogP contribution in [0.1, 0.15) is 36.0 Å². The Morgan fingerprint density at radius 2 is 2.23 bits per heavy atom. The Morgan fingerprint density at radius 3 is 2.96 bits per heavy atom. The first-order valence-corrected chi connectivity index (χ1v) is 9.13. The molecule has 0 bridgehead atoms. The molecule has 0 spiro atoms. The van der Waals surface area contributed by atoms with Gasteiger partial charge in [0.25, 0.3) is 0 Å². The molecule has 5 heteroatoms. The van der Waals surface area contributed by atoms with Crippen LogP contribution in [-0.2, 0) is 9.53 Å². The molecule has 2 fully saturated rings. The maximum atomic E-state index is 12.6. The summed E-state index contributed by atoms with van der Waals surface area (Å²) in [6.07, 6.45) is 4.63. The number of methoxy groups -OCH3 is 1. The van der Waals surface area contributed by atoms with Crippen molar-refractivity contribution in [3.63, 3.8) is 0 Å². The first-order valence-electron chi connectivity index (χ1n) is 9.13. The van der Waals surface area contributed by atoms with E-state index in [1.54, 1.807) is 6.20 Å². The number of hydrogen-bond acceptors (Lipinski definition) is 5. The lowest BCUT2D eigenvalue weighted by Gasteiger charge is -2.27. The van der Waals surface area contributed by atoms with E-state index in [-0.39, 0.29) is 11.9 Å². The molecule has 1 aliphatic carbocycles. The predicted molar refractivity (Wildman–Crippen MR) is 99.9 cm³/mol. The zero-order valence-electron chi connectivity index (χ0n) is 15.5. The summed E-state index contributed by atoms with van der Waals surface area (Å²) < 4.78 is 5.16. The van der Waals surface area contributed by atoms with Gasteiger partial charge in [-0.25, -0.2) is 0 Å². The fourth-order valence-corrected chi connectivity index (χ4v) is 5.07. The average Bonchev–Trinajstić information content (AvgIpc) is 3.17. The van der Waals surface area contributed by atoms with Crippen LogP contribution in [0.15, 0.2) is 18.3 Å². The van der Waals surface area contributed by atoms with E-state index >= 15 is 0 Å². The molecule has 2 unspecified atom stereocenters. The lowest BCUT2D eigenvalue weighted by atomic mass is 9.81. The van der Waals surface area contributed by atoms with E-state index < -0.39 is 5.41 Å². The highest BCUT2D eigenvalue weighted by molar-refractivity contribution is 5.97. The number of nitrogens with zero attached hydrogens (tertiary/aromatic N) is 3. The second-order valence-electron chi connectivity index (χ2n) is 7.73. The average molecular weight is 349 g/mol. The molecule has 2 atom stereocenters. The molecule has 1 aliphatic heterocycles. The van der Waals surface area contributed by atoms with Crippen LogP contribution in [0.4, 0.5) is 5.69 Å². The first kappa shape index (κ1) is 16.8. The lowest BCUT2D eigenvalue weighted by molar-refractivity contribution is -0.152. The standard InChI is InChI=1S/C21H23N3O2/c1-13-7-14(2)18-17(8-13)19(15(9-22)10-23-18)24-11-16-5-4-6-21(16,12-24)20(25)26-3/h7-8,10,16H,4-6,11-12H2,1-3H3. The van der Waals surface area contributed by atoms with E-state index in [0.717, 1.165) is 53.5 Å². The van der Waals surface area contributed by atoms with Gasteiger partial charge in [0.2, 0.25) is 0 Å². The third-order valence-electron chi connectivity index (χ3n) is 6.18. The van der Waals surface area contributed by atoms with Gasteiger partial charge in [-0.2, -0.15) is 5.26 Å². The number of nitriles is 1. The van der Waals surface area contributed by atoms with Crippen LogP contribution in [-0.4, -0.2) is 31.2 Å². The van der Waals surface area contributed by atoms with Gasteiger partial charge >= 0.3 is 5.97 Å². The Kier molecular flexibility index (Phi) is 3.87. The zero-order chi connectivity index (χ0) is 18.5. The summed E-state index contributed by atoms with van der Waals surface area (Å²) in [4.78, 5) is 19.3. The molecule has 1 saturated heterocycles. The van der Waals surface area contributed by atoms with Gasteiger partial charge in [0, 0.05) is 24.7 Å². The van der Waals surface area contributed by atoms with Crippen LogP contribution >= 0.6 is 0 Å². The summed E-state index contributed by atoms with van der Waals surface area (Å²) in [5.74, 6) is 0.183. The molecule has 26 heavy (non-hydrogen) atoms. The van der Waals surface area contributed by atoms with Gasteiger partial charge in [0.1, 0.15) is 6.07 Å². The minimum absolute atomic E-state index is 0.105. The number of ether oxygens (including phenoxy) is 1. The minimum Gasteiger partial charge on any atom is -0.469 e. The number of esters is 1. The number of benzene rings is 1. The molecule has 4 rings (SSSR count). The van der Waals surface area contributed by atoms with Gasteiger partial charge in [-0.1, -0.05) is 18.1 Å². The molecular formula is C21H23N3O2. The number of pyridine rings is 1. The van der Waals surface area contributed by atoms with Crippen molar-refractivity contribution in [2.24, 2.45) is 11.3 Å². The normalized spacial score (nSPS) is 24.5. The van der Waals surface area contributed by atoms with Crippen molar-refractivity contribution in [3.05, 3.63) is 35.0 Å². The van der Waals surface area contributed by atoms with Crippen molar-refractivity contribution in [2.75, 3.05) is 25.1 Å². The molecule has 0 radical (unpaired) electrons. The van der Waals surface area contributed by atoms with Gasteiger partial charge < -0.3 is 9.64 Å². The smallest absolute Gasteiger partial charge is 0.313 e. The second-order valence-corrected chi connectivity index (χ2v) is 7.73. The number of anilines is 1. The molecule has 0 N–H and O–H groups in total. The van der Waals surface area contributed by atoms with E-state index in [9.17, 15) is 10.1 Å². The number of aromatic nitrogens is 1. The molecule has 2 aromatic rings. The van der Waals surface area contributed by atoms with Crippen molar-refractivity contribution < 1.29 is 9.53 Å². The lowest BCUT2D eigenvalue weighted by Crippen LogP contribution is -2.37. The van der Waals surface area contributed by atoms with Gasteiger partial charge in [-0.3, -0.25) is 9.78 Å². The molecule has 2 heterocycles. The first-order chi connectivity index (χ1) is 12.5. The fraction of sp³-hybridized carbons (Fsp3) is 0.476. The summed E-state index contributed by atoms with van der Waals surface area (Å²) in [6, 6.07) is 6.52. The van der Waals surface area contributed by atoms with Crippen molar-refractivity contribution in [1.82, 2.24) is 4.98 Å². The van der Waals surface area contributed by atoms with E-state index in [1.165, 1.54) is 7.11 Å². The Hall–Kier alpha value is -2.61. The van der Waals surface area contributed by atoms with Crippen LogP contribution in [0.25, 0.3) is 10.9 Å². The Bertz CT molecular complexity index is 946. The summed E-state index contributed by atoms with van der Waals surface area (Å²) in [5.41, 5.74) is 4.23. The minimum atomic E-state index is -0.435. The molecule has 134 valence electrons. The summed E-state index contributed by atoms with van der Waals surface area (Å²) in [5, 5.41) is 10.7. The molecule has 5 nitrogen and oxygen atoms in total. The fourth-order valence-electron chi connectivity index (χ4n) is 5.07. The number of fused-ring (bicyclic) bond motifs is 2. The zero-order valence-corrected chi connectivity index (χ0v) is 15.5. The molecule has 1 saturated carbocycles.